The highest BCUT2D eigenvalue weighted by Crippen LogP contribution is 2.61. The van der Waals surface area contributed by atoms with E-state index in [2.05, 4.69) is 18.2 Å². The van der Waals surface area contributed by atoms with Crippen molar-refractivity contribution in [2.24, 2.45) is 17.8 Å². The third kappa shape index (κ3) is 3.70. The van der Waals surface area contributed by atoms with E-state index in [1.54, 1.807) is 18.2 Å². The van der Waals surface area contributed by atoms with Gasteiger partial charge in [0.2, 0.25) is 0 Å². The highest BCUT2D eigenvalue weighted by atomic mass is 32.2. The number of thiocarbonyl (C=S) groups is 1. The second-order valence-electron chi connectivity index (χ2n) is 10.4. The van der Waals surface area contributed by atoms with Gasteiger partial charge in [0.05, 0.1) is 17.2 Å². The Morgan fingerprint density at radius 1 is 1.12 bits per heavy atom. The number of hydrogen-bond acceptors (Lipinski definition) is 4. The maximum Gasteiger partial charge on any atom is 0.270 e. The Labute approximate surface area is 209 Å². The van der Waals surface area contributed by atoms with Crippen LogP contribution in [-0.2, 0) is 10.2 Å². The highest BCUT2D eigenvalue weighted by molar-refractivity contribution is 8.27. The van der Waals surface area contributed by atoms with Crippen molar-refractivity contribution in [1.82, 2.24) is 0 Å². The molecule has 0 unspecified atom stereocenters. The second kappa shape index (κ2) is 8.49. The van der Waals surface area contributed by atoms with E-state index in [1.807, 2.05) is 13.0 Å². The number of ether oxygens (including phenoxy) is 1. The van der Waals surface area contributed by atoms with Crippen LogP contribution in [0.25, 0.3) is 6.08 Å². The SMILES string of the molecule is CCOc1ccc(C23CC4CC(CC(C4)C2)C3)cc1/C=C1\SC(=S)N(c2ccccc2F)C1=O. The lowest BCUT2D eigenvalue weighted by Gasteiger charge is -2.57. The van der Waals surface area contributed by atoms with Gasteiger partial charge in [0.25, 0.3) is 5.91 Å². The number of para-hydroxylation sites is 1. The predicted molar refractivity (Wildman–Crippen MR) is 140 cm³/mol. The van der Waals surface area contributed by atoms with Gasteiger partial charge in [-0.1, -0.05) is 42.2 Å². The number of benzene rings is 2. The molecule has 0 N–H and O–H groups in total. The fraction of sp³-hybridized carbons (Fsp3) is 0.429. The van der Waals surface area contributed by atoms with Crippen LogP contribution in [0.4, 0.5) is 10.1 Å². The lowest BCUT2D eigenvalue weighted by Crippen LogP contribution is -2.48. The zero-order valence-corrected chi connectivity index (χ0v) is 20.9. The minimum atomic E-state index is -0.459. The van der Waals surface area contributed by atoms with Crippen LogP contribution in [0, 0.1) is 23.6 Å². The molecule has 34 heavy (non-hydrogen) atoms. The number of anilines is 1. The molecule has 0 aromatic heterocycles. The number of carbonyl (C=O) groups excluding carboxylic acids is 1. The Bertz CT molecular complexity index is 1170. The molecule has 0 atom stereocenters. The Balaban J connectivity index is 1.37. The van der Waals surface area contributed by atoms with Crippen molar-refractivity contribution in [1.29, 1.82) is 0 Å². The van der Waals surface area contributed by atoms with Crippen LogP contribution >= 0.6 is 24.0 Å². The van der Waals surface area contributed by atoms with Crippen molar-refractivity contribution < 1.29 is 13.9 Å². The van der Waals surface area contributed by atoms with E-state index in [0.717, 1.165) is 29.1 Å². The molecule has 0 spiro atoms. The van der Waals surface area contributed by atoms with Gasteiger partial charge in [-0.3, -0.25) is 9.69 Å². The quantitative estimate of drug-likeness (QED) is 0.328. The molecule has 1 aliphatic heterocycles. The van der Waals surface area contributed by atoms with Crippen LogP contribution < -0.4 is 9.64 Å². The molecule has 4 aliphatic carbocycles. The van der Waals surface area contributed by atoms with Gasteiger partial charge in [-0.15, -0.1) is 0 Å². The fourth-order valence-corrected chi connectivity index (χ4v) is 8.47. The van der Waals surface area contributed by atoms with Crippen molar-refractivity contribution in [2.45, 2.75) is 50.9 Å². The molecule has 6 heteroatoms. The summed E-state index contributed by atoms with van der Waals surface area (Å²) in [7, 11) is 0. The molecule has 2 aromatic rings. The molecule has 5 aliphatic rings. The van der Waals surface area contributed by atoms with Gasteiger partial charge in [0.15, 0.2) is 4.32 Å². The first kappa shape index (κ1) is 22.3. The van der Waals surface area contributed by atoms with Gasteiger partial charge in [-0.05, 0) is 105 Å². The first-order valence-electron chi connectivity index (χ1n) is 12.3. The maximum absolute atomic E-state index is 14.4. The summed E-state index contributed by atoms with van der Waals surface area (Å²) in [5, 5.41) is 0. The molecular weight excluding hydrogens is 465 g/mol. The standard InChI is InChI=1S/C28H28FNO2S2/c1-2-32-24-8-7-21(28-14-17-9-18(15-28)11-19(10-17)16-28)12-20(24)13-25-26(31)30(27(33)34-25)23-6-4-3-5-22(23)29/h3-8,12-13,17-19H,2,9-11,14-16H2,1H3/b25-13-. The van der Waals surface area contributed by atoms with E-state index in [-0.39, 0.29) is 17.0 Å². The molecular formula is C28H28FNO2S2. The molecule has 2 aromatic carbocycles. The van der Waals surface area contributed by atoms with Crippen molar-refractivity contribution in [3.8, 4) is 5.75 Å². The Morgan fingerprint density at radius 3 is 2.44 bits per heavy atom. The second-order valence-corrected chi connectivity index (χ2v) is 12.0. The number of amides is 1. The van der Waals surface area contributed by atoms with Crippen LogP contribution in [0.15, 0.2) is 47.4 Å². The minimum Gasteiger partial charge on any atom is -0.493 e. The van der Waals surface area contributed by atoms with Crippen LogP contribution in [-0.4, -0.2) is 16.8 Å². The highest BCUT2D eigenvalue weighted by Gasteiger charge is 2.51. The average Bonchev–Trinajstić information content (AvgIpc) is 3.07. The van der Waals surface area contributed by atoms with Crippen LogP contribution in [0.2, 0.25) is 0 Å². The van der Waals surface area contributed by atoms with Crippen molar-refractivity contribution in [3.05, 3.63) is 64.3 Å². The van der Waals surface area contributed by atoms with Crippen LogP contribution in [0.1, 0.15) is 56.6 Å². The molecule has 1 amide bonds. The first-order valence-corrected chi connectivity index (χ1v) is 13.5. The summed E-state index contributed by atoms with van der Waals surface area (Å²) in [4.78, 5) is 15.1. The van der Waals surface area contributed by atoms with E-state index in [4.69, 9.17) is 17.0 Å². The summed E-state index contributed by atoms with van der Waals surface area (Å²) in [6, 6.07) is 12.8. The van der Waals surface area contributed by atoms with Crippen molar-refractivity contribution >= 4 is 46.0 Å². The molecule has 1 saturated heterocycles. The maximum atomic E-state index is 14.4. The summed E-state index contributed by atoms with van der Waals surface area (Å²) < 4.78 is 20.7. The van der Waals surface area contributed by atoms with Gasteiger partial charge >= 0.3 is 0 Å². The van der Waals surface area contributed by atoms with Gasteiger partial charge in [0.1, 0.15) is 11.6 Å². The normalized spacial score (nSPS) is 31.1. The predicted octanol–water partition coefficient (Wildman–Crippen LogP) is 7.10. The third-order valence-electron chi connectivity index (χ3n) is 8.13. The minimum absolute atomic E-state index is 0.195. The smallest absolute Gasteiger partial charge is 0.270 e. The van der Waals surface area contributed by atoms with Gasteiger partial charge < -0.3 is 4.74 Å². The molecule has 4 bridgehead atoms. The van der Waals surface area contributed by atoms with Crippen molar-refractivity contribution in [2.75, 3.05) is 11.5 Å². The summed E-state index contributed by atoms with van der Waals surface area (Å²) in [5.41, 5.74) is 2.74. The van der Waals surface area contributed by atoms with E-state index < -0.39 is 5.82 Å². The number of thioether (sulfide) groups is 1. The lowest BCUT2D eigenvalue weighted by atomic mass is 9.48. The molecule has 1 heterocycles. The van der Waals surface area contributed by atoms with Crippen LogP contribution in [0.5, 0.6) is 5.75 Å². The Hall–Kier alpha value is -2.18. The largest absolute Gasteiger partial charge is 0.493 e. The molecule has 3 nitrogen and oxygen atoms in total. The fourth-order valence-electron chi connectivity index (χ4n) is 7.19. The molecule has 5 fully saturated rings. The summed E-state index contributed by atoms with van der Waals surface area (Å²) in [5.74, 6) is 2.60. The Kier molecular flexibility index (Phi) is 5.57. The number of rotatable bonds is 5. The lowest BCUT2D eigenvalue weighted by molar-refractivity contribution is -0.113. The summed E-state index contributed by atoms with van der Waals surface area (Å²) >= 11 is 6.69. The number of carbonyl (C=O) groups is 1. The monoisotopic (exact) mass is 493 g/mol. The zero-order valence-electron chi connectivity index (χ0n) is 19.3. The van der Waals surface area contributed by atoms with E-state index >= 15 is 0 Å². The molecule has 176 valence electrons. The van der Waals surface area contributed by atoms with Gasteiger partial charge in [-0.2, -0.15) is 0 Å². The number of hydrogen-bond donors (Lipinski definition) is 0. The topological polar surface area (TPSA) is 29.5 Å². The summed E-state index contributed by atoms with van der Waals surface area (Å²) in [6.45, 7) is 2.52. The van der Waals surface area contributed by atoms with E-state index in [0.29, 0.717) is 15.8 Å². The third-order valence-corrected chi connectivity index (χ3v) is 9.44. The van der Waals surface area contributed by atoms with Crippen LogP contribution in [0.3, 0.4) is 0 Å². The average molecular weight is 494 g/mol. The van der Waals surface area contributed by atoms with Gasteiger partial charge in [-0.25, -0.2) is 4.39 Å². The molecule has 0 radical (unpaired) electrons. The number of halogens is 1. The summed E-state index contributed by atoms with van der Waals surface area (Å²) in [6.07, 6.45) is 9.94. The van der Waals surface area contributed by atoms with Crippen molar-refractivity contribution in [3.63, 3.8) is 0 Å². The number of nitrogens with zero attached hydrogens (tertiary/aromatic N) is 1. The van der Waals surface area contributed by atoms with E-state index in [1.165, 1.54) is 66.8 Å². The van der Waals surface area contributed by atoms with Gasteiger partial charge in [0, 0.05) is 5.56 Å². The molecule has 4 saturated carbocycles. The molecule has 7 rings (SSSR count). The first-order chi connectivity index (χ1) is 16.5. The Morgan fingerprint density at radius 2 is 1.79 bits per heavy atom. The zero-order chi connectivity index (χ0) is 23.4. The van der Waals surface area contributed by atoms with E-state index in [9.17, 15) is 9.18 Å².